The van der Waals surface area contributed by atoms with E-state index in [1.165, 1.54) is 0 Å². The van der Waals surface area contributed by atoms with Crippen LogP contribution < -0.4 is 0 Å². The summed E-state index contributed by atoms with van der Waals surface area (Å²) < 4.78 is 5.98. The van der Waals surface area contributed by atoms with Gasteiger partial charge in [-0.3, -0.25) is 0 Å². The second-order valence-corrected chi connectivity index (χ2v) is 10.0. The van der Waals surface area contributed by atoms with Gasteiger partial charge in [-0.25, -0.2) is 0 Å². The van der Waals surface area contributed by atoms with Crippen molar-refractivity contribution in [1.29, 1.82) is 0 Å². The van der Waals surface area contributed by atoms with Crippen LogP contribution in [-0.4, -0.2) is 26.6 Å². The summed E-state index contributed by atoms with van der Waals surface area (Å²) in [6.07, 6.45) is 1.77. The molecule has 0 fully saturated rings. The molecular formula is C12H24O2Si. The van der Waals surface area contributed by atoms with E-state index in [9.17, 15) is 0 Å². The largest absolute Gasteiger partial charge is 0.417 e. The van der Waals surface area contributed by atoms with Crippen LogP contribution in [0.3, 0.4) is 0 Å². The number of aliphatic hydroxyl groups is 1. The lowest BCUT2D eigenvalue weighted by molar-refractivity contribution is 0.284. The van der Waals surface area contributed by atoms with Gasteiger partial charge in [0, 0.05) is 13.0 Å². The molecule has 0 aliphatic rings. The van der Waals surface area contributed by atoms with Crippen molar-refractivity contribution in [2.75, 3.05) is 13.2 Å². The van der Waals surface area contributed by atoms with E-state index < -0.39 is 8.32 Å². The van der Waals surface area contributed by atoms with Crippen molar-refractivity contribution in [2.45, 2.75) is 51.7 Å². The lowest BCUT2D eigenvalue weighted by Gasteiger charge is -2.36. The molecule has 0 unspecified atom stereocenters. The second kappa shape index (κ2) is 6.32. The molecule has 15 heavy (non-hydrogen) atoms. The van der Waals surface area contributed by atoms with Crippen molar-refractivity contribution in [3.8, 4) is 11.8 Å². The maximum atomic E-state index is 8.46. The molecule has 88 valence electrons. The van der Waals surface area contributed by atoms with Crippen LogP contribution in [0.25, 0.3) is 0 Å². The Bertz CT molecular complexity index is 230. The van der Waals surface area contributed by atoms with E-state index in [1.807, 2.05) is 0 Å². The predicted octanol–water partition coefficient (Wildman–Crippen LogP) is 2.78. The molecule has 0 heterocycles. The predicted molar refractivity (Wildman–Crippen MR) is 67.2 cm³/mol. The van der Waals surface area contributed by atoms with Gasteiger partial charge < -0.3 is 9.53 Å². The number of aliphatic hydroxyl groups excluding tert-OH is 1. The van der Waals surface area contributed by atoms with Gasteiger partial charge in [0.1, 0.15) is 6.61 Å². The highest BCUT2D eigenvalue weighted by molar-refractivity contribution is 6.74. The van der Waals surface area contributed by atoms with Crippen LogP contribution in [0, 0.1) is 11.8 Å². The third-order valence-electron chi connectivity index (χ3n) is 2.92. The number of hydrogen-bond acceptors (Lipinski definition) is 2. The van der Waals surface area contributed by atoms with Gasteiger partial charge in [-0.15, -0.1) is 5.92 Å². The molecule has 0 saturated carbocycles. The van der Waals surface area contributed by atoms with Gasteiger partial charge in [-0.05, 0) is 24.6 Å². The van der Waals surface area contributed by atoms with Crippen molar-refractivity contribution in [3.63, 3.8) is 0 Å². The Morgan fingerprint density at radius 3 is 2.27 bits per heavy atom. The highest BCUT2D eigenvalue weighted by atomic mass is 28.4. The molecule has 0 rings (SSSR count). The van der Waals surface area contributed by atoms with Crippen molar-refractivity contribution in [2.24, 2.45) is 0 Å². The van der Waals surface area contributed by atoms with Crippen LogP contribution in [0.1, 0.15) is 33.6 Å². The Hall–Kier alpha value is -0.303. The van der Waals surface area contributed by atoms with E-state index in [-0.39, 0.29) is 11.6 Å². The minimum Gasteiger partial charge on any atom is -0.417 e. The third-order valence-corrected chi connectivity index (χ3v) is 7.46. The normalized spacial score (nSPS) is 12.1. The maximum absolute atomic E-state index is 8.46. The third kappa shape index (κ3) is 5.98. The zero-order chi connectivity index (χ0) is 11.9. The van der Waals surface area contributed by atoms with E-state index >= 15 is 0 Å². The summed E-state index contributed by atoms with van der Waals surface area (Å²) in [5.74, 6) is 5.53. The number of rotatable bonds is 4. The first kappa shape index (κ1) is 14.7. The van der Waals surface area contributed by atoms with Crippen LogP contribution in [0.2, 0.25) is 18.1 Å². The summed E-state index contributed by atoms with van der Waals surface area (Å²) >= 11 is 0. The van der Waals surface area contributed by atoms with Gasteiger partial charge >= 0.3 is 0 Å². The number of hydrogen-bond donors (Lipinski definition) is 1. The minimum absolute atomic E-state index is 0.0386. The van der Waals surface area contributed by atoms with E-state index in [0.717, 1.165) is 19.4 Å². The average Bonchev–Trinajstić information content (AvgIpc) is 2.09. The lowest BCUT2D eigenvalue weighted by Crippen LogP contribution is -2.40. The lowest BCUT2D eigenvalue weighted by atomic mass is 10.2. The summed E-state index contributed by atoms with van der Waals surface area (Å²) in [6, 6.07) is 0. The maximum Gasteiger partial charge on any atom is 0.191 e. The smallest absolute Gasteiger partial charge is 0.191 e. The minimum atomic E-state index is -1.57. The van der Waals surface area contributed by atoms with E-state index in [0.29, 0.717) is 0 Å². The molecule has 1 N–H and O–H groups in total. The zero-order valence-corrected chi connectivity index (χ0v) is 11.7. The molecule has 0 aromatic carbocycles. The molecule has 0 radical (unpaired) electrons. The first-order valence-corrected chi connectivity index (χ1v) is 8.42. The van der Waals surface area contributed by atoms with Crippen LogP contribution in [-0.2, 0) is 4.43 Å². The van der Waals surface area contributed by atoms with Crippen molar-refractivity contribution >= 4 is 8.32 Å². The molecule has 2 nitrogen and oxygen atoms in total. The van der Waals surface area contributed by atoms with Crippen molar-refractivity contribution in [3.05, 3.63) is 0 Å². The van der Waals surface area contributed by atoms with Gasteiger partial charge in [-0.1, -0.05) is 26.7 Å². The number of unbranched alkanes of at least 4 members (excludes halogenated alkanes) is 1. The summed E-state index contributed by atoms with van der Waals surface area (Å²) in [7, 11) is -1.57. The Morgan fingerprint density at radius 2 is 1.80 bits per heavy atom. The van der Waals surface area contributed by atoms with Crippen LogP contribution in [0.5, 0.6) is 0 Å². The van der Waals surface area contributed by atoms with Crippen molar-refractivity contribution < 1.29 is 9.53 Å². The standard InChI is InChI=1S/C12H24O2Si/c1-12(2,3)15(4,5)14-11-9-7-6-8-10-13/h13H,7,9-11H2,1-5H3. The Labute approximate surface area is 95.2 Å². The fraction of sp³-hybridized carbons (Fsp3) is 0.833. The van der Waals surface area contributed by atoms with Gasteiger partial charge in [0.25, 0.3) is 0 Å². The molecule has 0 aliphatic heterocycles. The monoisotopic (exact) mass is 228 g/mol. The Kier molecular flexibility index (Phi) is 6.19. The van der Waals surface area contributed by atoms with Crippen molar-refractivity contribution in [1.82, 2.24) is 0 Å². The molecule has 0 bridgehead atoms. The Morgan fingerprint density at radius 1 is 1.20 bits per heavy atom. The topological polar surface area (TPSA) is 29.5 Å². The highest BCUT2D eigenvalue weighted by Gasteiger charge is 2.36. The van der Waals surface area contributed by atoms with Gasteiger partial charge in [0.05, 0.1) is 0 Å². The quantitative estimate of drug-likeness (QED) is 0.455. The van der Waals surface area contributed by atoms with Crippen LogP contribution >= 0.6 is 0 Å². The van der Waals surface area contributed by atoms with Crippen LogP contribution in [0.15, 0.2) is 0 Å². The SMILES string of the molecule is CC(C)(C)[Si](C)(C)OCCCC#CCO. The molecule has 0 aromatic heterocycles. The molecule has 0 saturated heterocycles. The summed E-state index contributed by atoms with van der Waals surface area (Å²) in [5.41, 5.74) is 0. The molecule has 0 atom stereocenters. The van der Waals surface area contributed by atoms with E-state index in [1.54, 1.807) is 0 Å². The van der Waals surface area contributed by atoms with Gasteiger partial charge in [0.15, 0.2) is 8.32 Å². The first-order chi connectivity index (χ1) is 6.81. The van der Waals surface area contributed by atoms with E-state index in [2.05, 4.69) is 45.7 Å². The molecule has 0 aromatic rings. The second-order valence-electron chi connectivity index (χ2n) is 5.22. The summed E-state index contributed by atoms with van der Waals surface area (Å²) in [5, 5.41) is 8.74. The fourth-order valence-electron chi connectivity index (χ4n) is 0.849. The molecule has 0 amide bonds. The molecule has 3 heteroatoms. The molecule has 0 spiro atoms. The van der Waals surface area contributed by atoms with Crippen LogP contribution in [0.4, 0.5) is 0 Å². The van der Waals surface area contributed by atoms with E-state index in [4.69, 9.17) is 9.53 Å². The molecular weight excluding hydrogens is 204 g/mol. The average molecular weight is 228 g/mol. The first-order valence-electron chi connectivity index (χ1n) is 5.52. The fourth-order valence-corrected chi connectivity index (χ4v) is 1.94. The molecule has 0 aliphatic carbocycles. The Balaban J connectivity index is 3.77. The zero-order valence-electron chi connectivity index (χ0n) is 10.7. The summed E-state index contributed by atoms with van der Waals surface area (Å²) in [6.45, 7) is 12.0. The summed E-state index contributed by atoms with van der Waals surface area (Å²) in [4.78, 5) is 0. The highest BCUT2D eigenvalue weighted by Crippen LogP contribution is 2.36. The van der Waals surface area contributed by atoms with Gasteiger partial charge in [0.2, 0.25) is 0 Å². The van der Waals surface area contributed by atoms with Gasteiger partial charge in [-0.2, -0.15) is 0 Å².